The molecule has 0 saturated heterocycles. The molecule has 0 spiro atoms. The molecule has 1 aromatic carbocycles. The van der Waals surface area contributed by atoms with Crippen molar-refractivity contribution in [2.24, 2.45) is 7.05 Å². The predicted molar refractivity (Wildman–Crippen MR) is 64.9 cm³/mol. The van der Waals surface area contributed by atoms with Gasteiger partial charge in [-0.1, -0.05) is 6.07 Å². The first-order valence-electron chi connectivity index (χ1n) is 5.70. The highest BCUT2D eigenvalue weighted by Crippen LogP contribution is 2.23. The lowest BCUT2D eigenvalue weighted by Gasteiger charge is -2.10. The summed E-state index contributed by atoms with van der Waals surface area (Å²) in [7, 11) is 1.71. The second-order valence-corrected chi connectivity index (χ2v) is 4.18. The van der Waals surface area contributed by atoms with Gasteiger partial charge in [-0.2, -0.15) is 4.80 Å². The number of benzene rings is 1. The van der Waals surface area contributed by atoms with E-state index in [1.54, 1.807) is 14.0 Å². The highest BCUT2D eigenvalue weighted by molar-refractivity contribution is 5.36. The molecule has 18 heavy (non-hydrogen) atoms. The van der Waals surface area contributed by atoms with Crippen molar-refractivity contribution in [1.82, 2.24) is 20.2 Å². The van der Waals surface area contributed by atoms with Gasteiger partial charge in [0.25, 0.3) is 0 Å². The summed E-state index contributed by atoms with van der Waals surface area (Å²) in [5.41, 5.74) is 1.84. The average molecular weight is 248 g/mol. The van der Waals surface area contributed by atoms with Crippen LogP contribution in [0.1, 0.15) is 30.0 Å². The van der Waals surface area contributed by atoms with Gasteiger partial charge < -0.3 is 9.84 Å². The summed E-state index contributed by atoms with van der Waals surface area (Å²) < 4.78 is 5.61. The fourth-order valence-electron chi connectivity index (χ4n) is 1.62. The van der Waals surface area contributed by atoms with Crippen LogP contribution >= 0.6 is 0 Å². The van der Waals surface area contributed by atoms with E-state index in [2.05, 4.69) is 15.4 Å². The van der Waals surface area contributed by atoms with Crippen LogP contribution in [0, 0.1) is 6.92 Å². The zero-order valence-electron chi connectivity index (χ0n) is 10.7. The number of nitrogens with zero attached hydrogens (tertiary/aromatic N) is 4. The monoisotopic (exact) mass is 248 g/mol. The van der Waals surface area contributed by atoms with E-state index < -0.39 is 6.10 Å². The quantitative estimate of drug-likeness (QED) is 0.878. The Balaban J connectivity index is 2.05. The third kappa shape index (κ3) is 2.84. The van der Waals surface area contributed by atoms with E-state index in [-0.39, 0.29) is 6.61 Å². The second kappa shape index (κ2) is 5.14. The van der Waals surface area contributed by atoms with Crippen LogP contribution in [-0.2, 0) is 13.7 Å². The van der Waals surface area contributed by atoms with Gasteiger partial charge in [0.2, 0.25) is 5.82 Å². The molecule has 0 bridgehead atoms. The van der Waals surface area contributed by atoms with Crippen molar-refractivity contribution in [2.75, 3.05) is 0 Å². The first-order valence-corrected chi connectivity index (χ1v) is 5.70. The molecule has 0 aliphatic carbocycles. The van der Waals surface area contributed by atoms with Crippen LogP contribution in [0.15, 0.2) is 18.2 Å². The number of aliphatic hydroxyl groups is 1. The number of rotatable bonds is 4. The molecule has 0 radical (unpaired) electrons. The number of aryl methyl sites for hydroxylation is 2. The third-order valence-corrected chi connectivity index (χ3v) is 2.59. The number of aromatic nitrogens is 4. The molecule has 1 aromatic heterocycles. The molecule has 6 heteroatoms. The molecule has 1 atom stereocenters. The van der Waals surface area contributed by atoms with E-state index in [1.807, 2.05) is 25.1 Å². The smallest absolute Gasteiger partial charge is 0.212 e. The third-order valence-electron chi connectivity index (χ3n) is 2.59. The van der Waals surface area contributed by atoms with Crippen molar-refractivity contribution < 1.29 is 9.84 Å². The molecular formula is C12H16N4O2. The SMILES string of the molecule is Cc1cc([C@@H](C)O)ccc1OCc1nnn(C)n1. The summed E-state index contributed by atoms with van der Waals surface area (Å²) >= 11 is 0. The number of ether oxygens (including phenoxy) is 1. The van der Waals surface area contributed by atoms with E-state index in [0.29, 0.717) is 5.82 Å². The molecule has 6 nitrogen and oxygen atoms in total. The van der Waals surface area contributed by atoms with Crippen molar-refractivity contribution in [3.05, 3.63) is 35.2 Å². The lowest BCUT2D eigenvalue weighted by molar-refractivity contribution is 0.199. The largest absolute Gasteiger partial charge is 0.485 e. The van der Waals surface area contributed by atoms with Crippen LogP contribution in [0.4, 0.5) is 0 Å². The Hall–Kier alpha value is -1.95. The number of tetrazole rings is 1. The highest BCUT2D eigenvalue weighted by Gasteiger charge is 2.07. The van der Waals surface area contributed by atoms with Crippen LogP contribution in [0.5, 0.6) is 5.75 Å². The normalized spacial score (nSPS) is 12.4. The number of hydrogen-bond donors (Lipinski definition) is 1. The van der Waals surface area contributed by atoms with E-state index in [9.17, 15) is 5.11 Å². The summed E-state index contributed by atoms with van der Waals surface area (Å²) in [4.78, 5) is 1.39. The Bertz CT molecular complexity index is 537. The fraction of sp³-hybridized carbons (Fsp3) is 0.417. The van der Waals surface area contributed by atoms with Crippen molar-refractivity contribution in [1.29, 1.82) is 0 Å². The standard InChI is InChI=1S/C12H16N4O2/c1-8-6-10(9(2)17)4-5-11(8)18-7-12-13-15-16(3)14-12/h4-6,9,17H,7H2,1-3H3/t9-/m1/s1. The summed E-state index contributed by atoms with van der Waals surface area (Å²) in [5, 5.41) is 21.1. The van der Waals surface area contributed by atoms with Gasteiger partial charge in [0.15, 0.2) is 6.61 Å². The maximum atomic E-state index is 9.48. The molecule has 1 heterocycles. The van der Waals surface area contributed by atoms with Gasteiger partial charge >= 0.3 is 0 Å². The zero-order chi connectivity index (χ0) is 13.1. The number of aliphatic hydroxyl groups excluding tert-OH is 1. The molecule has 0 aliphatic rings. The molecule has 0 saturated carbocycles. The van der Waals surface area contributed by atoms with Crippen LogP contribution in [0.3, 0.4) is 0 Å². The molecule has 1 N–H and O–H groups in total. The average Bonchev–Trinajstić information content (AvgIpc) is 2.73. The first kappa shape index (κ1) is 12.5. The first-order chi connectivity index (χ1) is 8.56. The van der Waals surface area contributed by atoms with Crippen LogP contribution in [0.25, 0.3) is 0 Å². The molecule has 96 valence electrons. The Kier molecular flexibility index (Phi) is 3.57. The molecule has 0 unspecified atom stereocenters. The van der Waals surface area contributed by atoms with Crippen LogP contribution in [-0.4, -0.2) is 25.3 Å². The molecular weight excluding hydrogens is 232 g/mol. The van der Waals surface area contributed by atoms with Gasteiger partial charge in [0.05, 0.1) is 13.2 Å². The Morgan fingerprint density at radius 3 is 2.78 bits per heavy atom. The summed E-state index contributed by atoms with van der Waals surface area (Å²) in [5.74, 6) is 1.29. The maximum absolute atomic E-state index is 9.48. The second-order valence-electron chi connectivity index (χ2n) is 4.18. The van der Waals surface area contributed by atoms with Crippen molar-refractivity contribution in [3.8, 4) is 5.75 Å². The van der Waals surface area contributed by atoms with Crippen LogP contribution in [0.2, 0.25) is 0 Å². The molecule has 0 amide bonds. The predicted octanol–water partition coefficient (Wildman–Crippen LogP) is 1.15. The van der Waals surface area contributed by atoms with Crippen LogP contribution < -0.4 is 4.74 Å². The van der Waals surface area contributed by atoms with Crippen molar-refractivity contribution in [2.45, 2.75) is 26.6 Å². The van der Waals surface area contributed by atoms with Gasteiger partial charge in [-0.3, -0.25) is 0 Å². The van der Waals surface area contributed by atoms with E-state index in [0.717, 1.165) is 16.9 Å². The van der Waals surface area contributed by atoms with E-state index >= 15 is 0 Å². The molecule has 2 rings (SSSR count). The Labute approximate surface area is 105 Å². The highest BCUT2D eigenvalue weighted by atomic mass is 16.5. The van der Waals surface area contributed by atoms with Gasteiger partial charge in [-0.25, -0.2) is 0 Å². The molecule has 2 aromatic rings. The lowest BCUT2D eigenvalue weighted by atomic mass is 10.1. The minimum Gasteiger partial charge on any atom is -0.485 e. The van der Waals surface area contributed by atoms with Gasteiger partial charge in [0.1, 0.15) is 5.75 Å². The lowest BCUT2D eigenvalue weighted by Crippen LogP contribution is -2.01. The van der Waals surface area contributed by atoms with Gasteiger partial charge in [-0.05, 0) is 42.3 Å². The molecule has 0 aliphatic heterocycles. The summed E-state index contributed by atoms with van der Waals surface area (Å²) in [6.45, 7) is 3.95. The molecule has 0 fully saturated rings. The topological polar surface area (TPSA) is 73.1 Å². The summed E-state index contributed by atoms with van der Waals surface area (Å²) in [6.07, 6.45) is -0.473. The zero-order valence-corrected chi connectivity index (χ0v) is 10.7. The Morgan fingerprint density at radius 1 is 1.44 bits per heavy atom. The Morgan fingerprint density at radius 2 is 2.22 bits per heavy atom. The van der Waals surface area contributed by atoms with E-state index in [4.69, 9.17) is 4.74 Å². The number of hydrogen-bond acceptors (Lipinski definition) is 5. The fourth-order valence-corrected chi connectivity index (χ4v) is 1.62. The maximum Gasteiger partial charge on any atom is 0.212 e. The van der Waals surface area contributed by atoms with Crippen molar-refractivity contribution >= 4 is 0 Å². The van der Waals surface area contributed by atoms with Gasteiger partial charge in [0, 0.05) is 0 Å². The van der Waals surface area contributed by atoms with Crippen molar-refractivity contribution in [3.63, 3.8) is 0 Å². The van der Waals surface area contributed by atoms with Gasteiger partial charge in [-0.15, -0.1) is 10.2 Å². The van der Waals surface area contributed by atoms with E-state index in [1.165, 1.54) is 4.80 Å². The summed E-state index contributed by atoms with van der Waals surface area (Å²) in [6, 6.07) is 5.59. The minimum atomic E-state index is -0.473. The minimum absolute atomic E-state index is 0.280.